The van der Waals surface area contributed by atoms with E-state index in [2.05, 4.69) is 30.9 Å². The summed E-state index contributed by atoms with van der Waals surface area (Å²) in [6.45, 7) is 5.44. The number of ether oxygens (including phenoxy) is 2. The van der Waals surface area contributed by atoms with Crippen LogP contribution in [0.2, 0.25) is 0 Å². The monoisotopic (exact) mass is 383 g/mol. The van der Waals surface area contributed by atoms with Crippen molar-refractivity contribution in [2.75, 3.05) is 20.3 Å². The summed E-state index contributed by atoms with van der Waals surface area (Å²) in [7, 11) is 1.68. The molecule has 28 heavy (non-hydrogen) atoms. The van der Waals surface area contributed by atoms with Gasteiger partial charge in [0, 0.05) is 24.2 Å². The van der Waals surface area contributed by atoms with Gasteiger partial charge in [-0.25, -0.2) is 0 Å². The van der Waals surface area contributed by atoms with E-state index >= 15 is 0 Å². The number of benzene rings is 2. The van der Waals surface area contributed by atoms with E-state index in [1.54, 1.807) is 7.11 Å². The number of nitrogens with zero attached hydrogens (tertiary/aromatic N) is 1. The van der Waals surface area contributed by atoms with Gasteiger partial charge in [-0.05, 0) is 38.3 Å². The molecule has 0 aliphatic carbocycles. The number of methoxy groups -OCH3 is 1. The normalized spacial score (nSPS) is 22.6. The van der Waals surface area contributed by atoms with Crippen molar-refractivity contribution in [3.63, 3.8) is 0 Å². The standard InChI is InChI=1S/C24H33NO3/c1-18-10-9-11-19(2)25(18)16-21(26)17-28-24(20-12-5-4-6-13-20)22-14-7-8-15-23(22)27-3/h4-8,12-15,18-19,21,24,26H,9-11,16-17H2,1-3H3. The van der Waals surface area contributed by atoms with Crippen molar-refractivity contribution in [2.45, 2.75) is 57.4 Å². The summed E-state index contributed by atoms with van der Waals surface area (Å²) in [5.74, 6) is 0.795. The molecule has 0 amide bonds. The first-order valence-electron chi connectivity index (χ1n) is 10.3. The quantitative estimate of drug-likeness (QED) is 0.732. The van der Waals surface area contributed by atoms with E-state index in [4.69, 9.17) is 9.47 Å². The Morgan fingerprint density at radius 1 is 1.00 bits per heavy atom. The second kappa shape index (κ2) is 10.1. The molecular formula is C24H33NO3. The number of β-amino-alcohol motifs (C(OH)–C–C–N with tert-alkyl or cyclic N) is 1. The molecule has 0 bridgehead atoms. The number of aliphatic hydroxyl groups excluding tert-OH is 1. The number of aliphatic hydroxyl groups is 1. The van der Waals surface area contributed by atoms with Gasteiger partial charge in [0.05, 0.1) is 19.8 Å². The summed E-state index contributed by atoms with van der Waals surface area (Å²) in [5, 5.41) is 10.7. The molecule has 4 atom stereocenters. The van der Waals surface area contributed by atoms with Gasteiger partial charge in [0.1, 0.15) is 11.9 Å². The van der Waals surface area contributed by atoms with Gasteiger partial charge in [0.15, 0.2) is 0 Å². The van der Waals surface area contributed by atoms with Gasteiger partial charge < -0.3 is 14.6 Å². The van der Waals surface area contributed by atoms with Crippen molar-refractivity contribution in [1.29, 1.82) is 0 Å². The predicted octanol–water partition coefficient (Wildman–Crippen LogP) is 4.43. The Balaban J connectivity index is 1.71. The Morgan fingerprint density at radius 2 is 1.64 bits per heavy atom. The lowest BCUT2D eigenvalue weighted by atomic mass is 9.97. The minimum atomic E-state index is -0.524. The summed E-state index contributed by atoms with van der Waals surface area (Å²) in [5.41, 5.74) is 2.03. The number of para-hydroxylation sites is 1. The van der Waals surface area contributed by atoms with Crippen molar-refractivity contribution in [1.82, 2.24) is 4.90 Å². The Morgan fingerprint density at radius 3 is 2.32 bits per heavy atom. The zero-order valence-corrected chi connectivity index (χ0v) is 17.3. The van der Waals surface area contributed by atoms with Crippen LogP contribution < -0.4 is 4.74 Å². The minimum absolute atomic E-state index is 0.275. The van der Waals surface area contributed by atoms with Gasteiger partial charge in [-0.15, -0.1) is 0 Å². The Bertz CT molecular complexity index is 711. The molecule has 3 rings (SSSR count). The first-order valence-corrected chi connectivity index (χ1v) is 10.3. The lowest BCUT2D eigenvalue weighted by Crippen LogP contribution is -2.48. The molecular weight excluding hydrogens is 350 g/mol. The summed E-state index contributed by atoms with van der Waals surface area (Å²) >= 11 is 0. The van der Waals surface area contributed by atoms with Crippen molar-refractivity contribution in [3.8, 4) is 5.75 Å². The second-order valence-corrected chi connectivity index (χ2v) is 7.85. The molecule has 0 spiro atoms. The van der Waals surface area contributed by atoms with Crippen molar-refractivity contribution in [2.24, 2.45) is 0 Å². The van der Waals surface area contributed by atoms with Crippen molar-refractivity contribution in [3.05, 3.63) is 65.7 Å². The fourth-order valence-electron chi connectivity index (χ4n) is 4.21. The fraction of sp³-hybridized carbons (Fsp3) is 0.500. The van der Waals surface area contributed by atoms with Crippen LogP contribution >= 0.6 is 0 Å². The molecule has 4 unspecified atom stereocenters. The number of hydrogen-bond acceptors (Lipinski definition) is 4. The molecule has 4 nitrogen and oxygen atoms in total. The average molecular weight is 384 g/mol. The molecule has 1 aliphatic heterocycles. The smallest absolute Gasteiger partial charge is 0.125 e. The van der Waals surface area contributed by atoms with E-state index in [9.17, 15) is 5.11 Å². The molecule has 0 aromatic heterocycles. The average Bonchev–Trinajstić information content (AvgIpc) is 2.72. The minimum Gasteiger partial charge on any atom is -0.496 e. The maximum Gasteiger partial charge on any atom is 0.125 e. The van der Waals surface area contributed by atoms with Crippen LogP contribution in [0.25, 0.3) is 0 Å². The molecule has 0 saturated carbocycles. The van der Waals surface area contributed by atoms with E-state index in [-0.39, 0.29) is 12.7 Å². The molecule has 1 saturated heterocycles. The molecule has 2 aromatic carbocycles. The van der Waals surface area contributed by atoms with Crippen LogP contribution in [-0.4, -0.2) is 48.5 Å². The summed E-state index contributed by atoms with van der Waals surface area (Å²) in [6.07, 6.45) is 2.87. The van der Waals surface area contributed by atoms with Crippen LogP contribution in [-0.2, 0) is 4.74 Å². The summed E-state index contributed by atoms with van der Waals surface area (Å²) in [6, 6.07) is 19.1. The third kappa shape index (κ3) is 5.13. The third-order valence-corrected chi connectivity index (χ3v) is 5.78. The fourth-order valence-corrected chi connectivity index (χ4v) is 4.21. The highest BCUT2D eigenvalue weighted by atomic mass is 16.5. The van der Waals surface area contributed by atoms with Gasteiger partial charge >= 0.3 is 0 Å². The molecule has 1 aliphatic rings. The maximum absolute atomic E-state index is 10.7. The lowest BCUT2D eigenvalue weighted by Gasteiger charge is -2.40. The van der Waals surface area contributed by atoms with Crippen LogP contribution in [0.1, 0.15) is 50.3 Å². The molecule has 1 heterocycles. The second-order valence-electron chi connectivity index (χ2n) is 7.85. The zero-order valence-electron chi connectivity index (χ0n) is 17.3. The van der Waals surface area contributed by atoms with Crippen molar-refractivity contribution >= 4 is 0 Å². The SMILES string of the molecule is COc1ccccc1C(OCC(O)CN1C(C)CCCC1C)c1ccccc1. The number of likely N-dealkylation sites (tertiary alicyclic amines) is 1. The van der Waals surface area contributed by atoms with E-state index in [0.717, 1.165) is 16.9 Å². The predicted molar refractivity (Wildman–Crippen MR) is 113 cm³/mol. The van der Waals surface area contributed by atoms with Gasteiger partial charge in [-0.2, -0.15) is 0 Å². The first kappa shape index (κ1) is 20.8. The van der Waals surface area contributed by atoms with E-state index in [0.29, 0.717) is 18.6 Å². The van der Waals surface area contributed by atoms with Crippen LogP contribution in [0.3, 0.4) is 0 Å². The van der Waals surface area contributed by atoms with Gasteiger partial charge in [0.2, 0.25) is 0 Å². The molecule has 4 heteroatoms. The molecule has 1 N–H and O–H groups in total. The zero-order chi connectivity index (χ0) is 19.9. The maximum atomic E-state index is 10.7. The highest BCUT2D eigenvalue weighted by Gasteiger charge is 2.27. The Hall–Kier alpha value is -1.88. The van der Waals surface area contributed by atoms with Crippen LogP contribution in [0.4, 0.5) is 0 Å². The van der Waals surface area contributed by atoms with Crippen molar-refractivity contribution < 1.29 is 14.6 Å². The van der Waals surface area contributed by atoms with Crippen LogP contribution in [0.15, 0.2) is 54.6 Å². The first-order chi connectivity index (χ1) is 13.6. The lowest BCUT2D eigenvalue weighted by molar-refractivity contribution is -0.0267. The largest absolute Gasteiger partial charge is 0.496 e. The van der Waals surface area contributed by atoms with E-state index in [1.165, 1.54) is 19.3 Å². The summed E-state index contributed by atoms with van der Waals surface area (Å²) < 4.78 is 11.8. The highest BCUT2D eigenvalue weighted by molar-refractivity contribution is 5.40. The van der Waals surface area contributed by atoms with Gasteiger partial charge in [-0.1, -0.05) is 55.0 Å². The van der Waals surface area contributed by atoms with E-state index in [1.807, 2.05) is 42.5 Å². The third-order valence-electron chi connectivity index (χ3n) is 5.78. The van der Waals surface area contributed by atoms with Crippen LogP contribution in [0, 0.1) is 0 Å². The van der Waals surface area contributed by atoms with Crippen LogP contribution in [0.5, 0.6) is 5.75 Å². The van der Waals surface area contributed by atoms with Gasteiger partial charge in [0.25, 0.3) is 0 Å². The van der Waals surface area contributed by atoms with E-state index < -0.39 is 6.10 Å². The molecule has 0 radical (unpaired) electrons. The summed E-state index contributed by atoms with van der Waals surface area (Å²) in [4.78, 5) is 2.41. The van der Waals surface area contributed by atoms with Gasteiger partial charge in [-0.3, -0.25) is 4.90 Å². The Kier molecular flexibility index (Phi) is 7.49. The molecule has 152 valence electrons. The number of hydrogen-bond donors (Lipinski definition) is 1. The number of piperidine rings is 1. The molecule has 1 fully saturated rings. The number of rotatable bonds is 8. The molecule has 2 aromatic rings. The Labute approximate surface area is 169 Å². The highest BCUT2D eigenvalue weighted by Crippen LogP contribution is 2.33. The topological polar surface area (TPSA) is 41.9 Å².